The minimum absolute atomic E-state index is 0. The summed E-state index contributed by atoms with van der Waals surface area (Å²) < 4.78 is 4.44. The van der Waals surface area contributed by atoms with Crippen molar-refractivity contribution in [1.29, 1.82) is 0 Å². The number of nitrogens with two attached hydrogens (primary N) is 1. The molecule has 0 amide bonds. The molecule has 0 aliphatic carbocycles. The number of alkyl halides is 1. The number of ether oxygens (including phenoxy) is 1. The van der Waals surface area contributed by atoms with E-state index in [-0.39, 0.29) is 25.6 Å². The molecule has 0 saturated carbocycles. The van der Waals surface area contributed by atoms with Gasteiger partial charge in [0.05, 0.1) is 12.4 Å². The molecule has 0 heterocycles. The summed E-state index contributed by atoms with van der Waals surface area (Å²) in [5.74, 6) is -0.0863. The molecule has 0 atom stereocenters. The van der Waals surface area contributed by atoms with E-state index in [9.17, 15) is 4.79 Å². The van der Waals surface area contributed by atoms with Gasteiger partial charge in [-0.25, -0.2) is 0 Å². The Morgan fingerprint density at radius 3 is 2.56 bits per heavy atom. The van der Waals surface area contributed by atoms with E-state index in [1.54, 1.807) is 0 Å². The van der Waals surface area contributed by atoms with Crippen LogP contribution >= 0.6 is 24.0 Å². The molecule has 2 N–H and O–H groups in total. The maximum absolute atomic E-state index is 10.2. The Kier molecular flexibility index (Phi) is 10.5. The van der Waals surface area contributed by atoms with Crippen molar-refractivity contribution >= 4 is 30.0 Å². The summed E-state index contributed by atoms with van der Waals surface area (Å²) in [7, 11) is 0. The van der Waals surface area contributed by atoms with Crippen molar-refractivity contribution in [3.63, 3.8) is 0 Å². The van der Waals surface area contributed by atoms with E-state index in [0.717, 1.165) is 0 Å². The van der Waals surface area contributed by atoms with Gasteiger partial charge in [-0.05, 0) is 0 Å². The Morgan fingerprint density at radius 2 is 2.22 bits per heavy atom. The van der Waals surface area contributed by atoms with Gasteiger partial charge in [-0.15, -0.1) is 24.0 Å². The summed E-state index contributed by atoms with van der Waals surface area (Å²) in [5.41, 5.74) is 4.90. The second-order valence-corrected chi connectivity index (χ2v) is 1.49. The number of halogens is 2. The molecule has 0 aliphatic heterocycles. The maximum Gasteiger partial charge on any atom is 0.319 e. The van der Waals surface area contributed by atoms with Crippen molar-refractivity contribution < 1.29 is 9.53 Å². The first-order valence-electron chi connectivity index (χ1n) is 2.23. The number of carbonyl (C=O) groups excluding carboxylic acids is 1. The highest BCUT2D eigenvalue weighted by Crippen LogP contribution is 1.77. The second kappa shape index (κ2) is 8.01. The standard InChI is InChI=1S/C4H8ClNO2.ClH/c5-1-2-8-4(7)3-6;/h1-3,6H2;1H. The van der Waals surface area contributed by atoms with Gasteiger partial charge in [-0.2, -0.15) is 0 Å². The van der Waals surface area contributed by atoms with E-state index in [0.29, 0.717) is 5.88 Å². The molecule has 0 aromatic heterocycles. The van der Waals surface area contributed by atoms with E-state index in [2.05, 4.69) is 4.74 Å². The van der Waals surface area contributed by atoms with Gasteiger partial charge in [0.1, 0.15) is 6.61 Å². The van der Waals surface area contributed by atoms with Gasteiger partial charge in [0, 0.05) is 0 Å². The first-order chi connectivity index (χ1) is 3.81. The fourth-order valence-electron chi connectivity index (χ4n) is 0.211. The Hall–Kier alpha value is 0.01000. The highest BCUT2D eigenvalue weighted by atomic mass is 35.5. The third kappa shape index (κ3) is 8.01. The smallest absolute Gasteiger partial charge is 0.319 e. The summed E-state index contributed by atoms with van der Waals surface area (Å²) >= 11 is 5.18. The molecular formula is C4H9Cl2NO2. The van der Waals surface area contributed by atoms with Crippen molar-refractivity contribution in [3.8, 4) is 0 Å². The van der Waals surface area contributed by atoms with Crippen LogP contribution in [0, 0.1) is 0 Å². The van der Waals surface area contributed by atoms with Crippen LogP contribution in [0.15, 0.2) is 0 Å². The van der Waals surface area contributed by atoms with Crippen LogP contribution in [0.2, 0.25) is 0 Å². The Morgan fingerprint density at radius 1 is 1.67 bits per heavy atom. The molecule has 0 bridgehead atoms. The summed E-state index contributed by atoms with van der Waals surface area (Å²) in [5, 5.41) is 0. The van der Waals surface area contributed by atoms with Crippen LogP contribution in [0.1, 0.15) is 0 Å². The third-order valence-electron chi connectivity index (χ3n) is 0.507. The summed E-state index contributed by atoms with van der Waals surface area (Å²) in [6.07, 6.45) is 0. The van der Waals surface area contributed by atoms with E-state index in [1.807, 2.05) is 0 Å². The summed E-state index contributed by atoms with van der Waals surface area (Å²) in [6.45, 7) is 0.175. The average Bonchev–Trinajstić information content (AvgIpc) is 1.83. The minimum Gasteiger partial charge on any atom is -0.463 e. The topological polar surface area (TPSA) is 52.3 Å². The van der Waals surface area contributed by atoms with E-state index in [4.69, 9.17) is 17.3 Å². The molecule has 56 valence electrons. The number of hydrogen-bond donors (Lipinski definition) is 1. The largest absolute Gasteiger partial charge is 0.463 e. The quantitative estimate of drug-likeness (QED) is 0.489. The lowest BCUT2D eigenvalue weighted by Crippen LogP contribution is -2.17. The molecule has 0 fully saturated rings. The SMILES string of the molecule is Cl.NCC(=O)OCCCl. The molecule has 0 aromatic carbocycles. The lowest BCUT2D eigenvalue weighted by molar-refractivity contribution is -0.141. The second-order valence-electron chi connectivity index (χ2n) is 1.11. The van der Waals surface area contributed by atoms with Gasteiger partial charge < -0.3 is 10.5 Å². The van der Waals surface area contributed by atoms with Crippen molar-refractivity contribution in [2.45, 2.75) is 0 Å². The molecule has 0 aromatic rings. The normalized spacial score (nSPS) is 7.78. The maximum atomic E-state index is 10.2. The van der Waals surface area contributed by atoms with Gasteiger partial charge in [0.15, 0.2) is 0 Å². The van der Waals surface area contributed by atoms with E-state index < -0.39 is 5.97 Å². The third-order valence-corrected chi connectivity index (χ3v) is 0.661. The lowest BCUT2D eigenvalue weighted by atomic mass is 10.7. The van der Waals surface area contributed by atoms with Crippen molar-refractivity contribution in [3.05, 3.63) is 0 Å². The van der Waals surface area contributed by atoms with E-state index >= 15 is 0 Å². The molecular weight excluding hydrogens is 165 g/mol. The molecule has 0 unspecified atom stereocenters. The van der Waals surface area contributed by atoms with Crippen molar-refractivity contribution in [2.24, 2.45) is 5.73 Å². The van der Waals surface area contributed by atoms with Gasteiger partial charge in [0.25, 0.3) is 0 Å². The molecule has 0 rings (SSSR count). The van der Waals surface area contributed by atoms with Crippen LogP contribution in [-0.2, 0) is 9.53 Å². The van der Waals surface area contributed by atoms with Crippen molar-refractivity contribution in [1.82, 2.24) is 0 Å². The number of esters is 1. The molecule has 9 heavy (non-hydrogen) atoms. The fraction of sp³-hybridized carbons (Fsp3) is 0.750. The van der Waals surface area contributed by atoms with Crippen LogP contribution in [0.3, 0.4) is 0 Å². The molecule has 0 saturated heterocycles. The number of hydrogen-bond acceptors (Lipinski definition) is 3. The molecule has 5 heteroatoms. The zero-order valence-corrected chi connectivity index (χ0v) is 6.37. The molecule has 0 spiro atoms. The number of rotatable bonds is 3. The Balaban J connectivity index is 0. The monoisotopic (exact) mass is 173 g/mol. The highest BCUT2D eigenvalue weighted by molar-refractivity contribution is 6.18. The average molecular weight is 174 g/mol. The van der Waals surface area contributed by atoms with Crippen LogP contribution in [-0.4, -0.2) is 25.0 Å². The van der Waals surface area contributed by atoms with Gasteiger partial charge in [-0.1, -0.05) is 0 Å². The predicted molar refractivity (Wildman–Crippen MR) is 38.0 cm³/mol. The van der Waals surface area contributed by atoms with E-state index in [1.165, 1.54) is 0 Å². The number of carbonyl (C=O) groups is 1. The molecule has 0 radical (unpaired) electrons. The Labute approximate surface area is 64.9 Å². The van der Waals surface area contributed by atoms with Gasteiger partial charge in [0.2, 0.25) is 0 Å². The van der Waals surface area contributed by atoms with Crippen LogP contribution in [0.5, 0.6) is 0 Å². The summed E-state index contributed by atoms with van der Waals surface area (Å²) in [6, 6.07) is 0. The van der Waals surface area contributed by atoms with Crippen LogP contribution in [0.4, 0.5) is 0 Å². The first kappa shape index (κ1) is 11.8. The van der Waals surface area contributed by atoms with Gasteiger partial charge in [-0.3, -0.25) is 4.79 Å². The minimum atomic E-state index is -0.411. The Bertz CT molecular complexity index is 79.0. The fourth-order valence-corrected chi connectivity index (χ4v) is 0.288. The van der Waals surface area contributed by atoms with Crippen molar-refractivity contribution in [2.75, 3.05) is 19.0 Å². The highest BCUT2D eigenvalue weighted by Gasteiger charge is 1.94. The summed E-state index contributed by atoms with van der Waals surface area (Å²) in [4.78, 5) is 10.2. The lowest BCUT2D eigenvalue weighted by Gasteiger charge is -1.96. The first-order valence-corrected chi connectivity index (χ1v) is 2.76. The van der Waals surface area contributed by atoms with Crippen LogP contribution < -0.4 is 5.73 Å². The molecule has 3 nitrogen and oxygen atoms in total. The zero-order valence-electron chi connectivity index (χ0n) is 4.80. The predicted octanol–water partition coefficient (Wildman–Crippen LogP) is 0.149. The van der Waals surface area contributed by atoms with Gasteiger partial charge >= 0.3 is 5.97 Å². The van der Waals surface area contributed by atoms with Crippen LogP contribution in [0.25, 0.3) is 0 Å². The zero-order chi connectivity index (χ0) is 6.41. The molecule has 0 aliphatic rings.